The van der Waals surface area contributed by atoms with Crippen molar-refractivity contribution in [1.29, 1.82) is 0 Å². The van der Waals surface area contributed by atoms with Crippen molar-refractivity contribution in [3.8, 4) is 0 Å². The molecule has 0 fully saturated rings. The fourth-order valence-corrected chi connectivity index (χ4v) is 4.52. The summed E-state index contributed by atoms with van der Waals surface area (Å²) < 4.78 is 0. The molecule has 0 radical (unpaired) electrons. The molecule has 6 heteroatoms. The number of carbonyl (C=O) groups is 3. The van der Waals surface area contributed by atoms with E-state index in [4.69, 9.17) is 15.3 Å². The van der Waals surface area contributed by atoms with Gasteiger partial charge in [-0.25, -0.2) is 0 Å². The Morgan fingerprint density at radius 2 is 1.37 bits per heavy atom. The molecule has 0 spiro atoms. The third-order valence-corrected chi connectivity index (χ3v) is 6.19. The molecule has 2 rings (SSSR count). The Hall–Kier alpha value is -2.36. The van der Waals surface area contributed by atoms with E-state index < -0.39 is 0 Å². The smallest absolute Gasteiger partial charge is 0.224 e. The molecule has 0 saturated carbocycles. The van der Waals surface area contributed by atoms with Gasteiger partial charge in [0.05, 0.1) is 5.54 Å². The molecule has 2 aromatic rings. The molecule has 196 valence electrons. The van der Waals surface area contributed by atoms with Crippen molar-refractivity contribution in [2.24, 2.45) is 5.73 Å². The summed E-state index contributed by atoms with van der Waals surface area (Å²) in [6.07, 6.45) is 6.28. The van der Waals surface area contributed by atoms with Crippen LogP contribution in [0.1, 0.15) is 77.3 Å². The molecule has 2 N–H and O–H groups in total. The maximum atomic E-state index is 13.2. The van der Waals surface area contributed by atoms with Gasteiger partial charge in [-0.2, -0.15) is 0 Å². The van der Waals surface area contributed by atoms with Crippen molar-refractivity contribution in [2.75, 3.05) is 7.05 Å². The van der Waals surface area contributed by atoms with Crippen molar-refractivity contribution >= 4 is 34.0 Å². The van der Waals surface area contributed by atoms with E-state index in [9.17, 15) is 4.79 Å². The van der Waals surface area contributed by atoms with Gasteiger partial charge in [0.2, 0.25) is 5.91 Å². The van der Waals surface area contributed by atoms with Gasteiger partial charge in [-0.15, -0.1) is 9.24 Å². The molecule has 0 saturated heterocycles. The number of hydrogen-bond acceptors (Lipinski definition) is 4. The first-order chi connectivity index (χ1) is 16.9. The molecule has 0 heterocycles. The van der Waals surface area contributed by atoms with E-state index in [0.29, 0.717) is 12.8 Å². The van der Waals surface area contributed by atoms with Gasteiger partial charge in [0.25, 0.3) is 0 Å². The number of hydrogen-bond donors (Lipinski definition) is 1. The Morgan fingerprint density at radius 3 is 1.83 bits per heavy atom. The topological polar surface area (TPSA) is 80.5 Å². The average Bonchev–Trinajstić information content (AvgIpc) is 2.88. The van der Waals surface area contributed by atoms with Crippen LogP contribution in [-0.4, -0.2) is 37.5 Å². The highest BCUT2D eigenvalue weighted by molar-refractivity contribution is 7.27. The molecule has 0 aliphatic rings. The van der Waals surface area contributed by atoms with Gasteiger partial charge in [0, 0.05) is 19.5 Å². The lowest BCUT2D eigenvalue weighted by molar-refractivity contribution is -0.137. The fourth-order valence-electron chi connectivity index (χ4n) is 4.19. The highest BCUT2D eigenvalue weighted by atomic mass is 31.0. The highest BCUT2D eigenvalue weighted by Gasteiger charge is 2.37. The molecule has 5 nitrogen and oxygen atoms in total. The van der Waals surface area contributed by atoms with Crippen LogP contribution in [0, 0.1) is 0 Å². The Kier molecular flexibility index (Phi) is 20.8. The highest BCUT2D eigenvalue weighted by Crippen LogP contribution is 2.37. The second kappa shape index (κ2) is 21.0. The maximum absolute atomic E-state index is 13.2. The summed E-state index contributed by atoms with van der Waals surface area (Å²) in [6, 6.07) is 18.5. The average molecular weight is 503 g/mol. The van der Waals surface area contributed by atoms with Crippen LogP contribution in [0.25, 0.3) is 0 Å². The third-order valence-electron chi connectivity index (χ3n) is 5.63. The standard InChI is InChI=1S/C24H35N2OP.C3H8.2CH2O/c1-4-15-24(16-5-2,20-12-7-6-8-13-20)26(3)23(27)18-21(25)17-19-11-9-10-14-22(19)28;1-3-2;2*1-2/h6-14,21H,4-5,15-18,25,28H2,1-3H3;3H2,1-2H3;2*1H2. The largest absolute Gasteiger partial charge is 0.336 e. The first-order valence-corrected chi connectivity index (χ1v) is 12.9. The predicted molar refractivity (Wildman–Crippen MR) is 153 cm³/mol. The summed E-state index contributed by atoms with van der Waals surface area (Å²) in [5.41, 5.74) is 8.53. The number of nitrogens with zero attached hydrogens (tertiary/aromatic N) is 1. The van der Waals surface area contributed by atoms with Gasteiger partial charge in [0.1, 0.15) is 13.6 Å². The van der Waals surface area contributed by atoms with Crippen LogP contribution in [-0.2, 0) is 26.3 Å². The Morgan fingerprint density at radius 1 is 0.914 bits per heavy atom. The lowest BCUT2D eigenvalue weighted by Crippen LogP contribution is -2.48. The van der Waals surface area contributed by atoms with E-state index in [2.05, 4.69) is 73.3 Å². The Balaban J connectivity index is 0. The van der Waals surface area contributed by atoms with Crippen LogP contribution in [0.2, 0.25) is 0 Å². The number of rotatable bonds is 10. The number of carbonyl (C=O) groups excluding carboxylic acids is 3. The van der Waals surface area contributed by atoms with E-state index in [1.807, 2.05) is 43.7 Å². The van der Waals surface area contributed by atoms with Crippen molar-refractivity contribution in [2.45, 2.75) is 84.2 Å². The first kappa shape index (κ1) is 34.8. The Bertz CT molecular complexity index is 794. The molecule has 2 atom stereocenters. The normalized spacial score (nSPS) is 10.8. The number of benzene rings is 2. The van der Waals surface area contributed by atoms with E-state index in [1.54, 1.807) is 0 Å². The molecule has 35 heavy (non-hydrogen) atoms. The van der Waals surface area contributed by atoms with Crippen LogP contribution in [0.5, 0.6) is 0 Å². The summed E-state index contributed by atoms with van der Waals surface area (Å²) in [5, 5.41) is 1.15. The van der Waals surface area contributed by atoms with Crippen LogP contribution < -0.4 is 11.0 Å². The lowest BCUT2D eigenvalue weighted by atomic mass is 9.80. The monoisotopic (exact) mass is 502 g/mol. The summed E-state index contributed by atoms with van der Waals surface area (Å²) in [4.78, 5) is 31.2. The summed E-state index contributed by atoms with van der Waals surface area (Å²) >= 11 is 0. The minimum atomic E-state index is -0.264. The van der Waals surface area contributed by atoms with Gasteiger partial charge in [-0.1, -0.05) is 102 Å². The second-order valence-corrected chi connectivity index (χ2v) is 9.05. The van der Waals surface area contributed by atoms with E-state index in [1.165, 1.54) is 17.5 Å². The molecular formula is C29H47N2O3P. The van der Waals surface area contributed by atoms with Crippen molar-refractivity contribution in [3.05, 3.63) is 65.7 Å². The number of amides is 1. The molecular weight excluding hydrogens is 455 g/mol. The van der Waals surface area contributed by atoms with E-state index >= 15 is 0 Å². The third kappa shape index (κ3) is 11.7. The lowest BCUT2D eigenvalue weighted by Gasteiger charge is -2.43. The summed E-state index contributed by atoms with van der Waals surface area (Å²) in [6.45, 7) is 12.6. The van der Waals surface area contributed by atoms with Gasteiger partial charge < -0.3 is 20.2 Å². The van der Waals surface area contributed by atoms with Gasteiger partial charge in [-0.05, 0) is 35.7 Å². The predicted octanol–water partition coefficient (Wildman–Crippen LogP) is 5.45. The van der Waals surface area contributed by atoms with Crippen LogP contribution in [0.15, 0.2) is 54.6 Å². The van der Waals surface area contributed by atoms with Crippen LogP contribution in [0.3, 0.4) is 0 Å². The summed E-state index contributed by atoms with van der Waals surface area (Å²) in [5.74, 6) is 0.125. The van der Waals surface area contributed by atoms with E-state index in [0.717, 1.165) is 31.0 Å². The maximum Gasteiger partial charge on any atom is 0.224 e. The quantitative estimate of drug-likeness (QED) is 0.438. The molecule has 0 aliphatic heterocycles. The molecule has 0 bridgehead atoms. The Labute approximate surface area is 216 Å². The van der Waals surface area contributed by atoms with Gasteiger partial charge in [0.15, 0.2) is 0 Å². The van der Waals surface area contributed by atoms with Crippen LogP contribution in [0.4, 0.5) is 0 Å². The molecule has 1 amide bonds. The fraction of sp³-hybridized carbons (Fsp3) is 0.483. The molecule has 2 aromatic carbocycles. The van der Waals surface area contributed by atoms with Crippen molar-refractivity contribution in [1.82, 2.24) is 4.90 Å². The zero-order chi connectivity index (χ0) is 27.3. The second-order valence-electron chi connectivity index (χ2n) is 8.42. The molecule has 2 unspecified atom stereocenters. The molecule has 0 aromatic heterocycles. The SMILES string of the molecule is C=O.C=O.CCC.CCCC(CCC)(c1ccccc1)N(C)C(=O)CC(N)Cc1ccccc1P. The minimum absolute atomic E-state index is 0.125. The van der Waals surface area contributed by atoms with Crippen molar-refractivity contribution < 1.29 is 14.4 Å². The van der Waals surface area contributed by atoms with Crippen LogP contribution >= 0.6 is 9.24 Å². The van der Waals surface area contributed by atoms with Gasteiger partial charge >= 0.3 is 0 Å². The first-order valence-electron chi connectivity index (χ1n) is 12.3. The van der Waals surface area contributed by atoms with Gasteiger partial charge in [-0.3, -0.25) is 4.79 Å². The molecule has 0 aliphatic carbocycles. The van der Waals surface area contributed by atoms with E-state index in [-0.39, 0.29) is 17.5 Å². The zero-order valence-electron chi connectivity index (χ0n) is 22.5. The van der Waals surface area contributed by atoms with Crippen molar-refractivity contribution in [3.63, 3.8) is 0 Å². The zero-order valence-corrected chi connectivity index (χ0v) is 23.6. The number of nitrogens with two attached hydrogens (primary N) is 1. The minimum Gasteiger partial charge on any atom is -0.336 e. The summed E-state index contributed by atoms with van der Waals surface area (Å²) in [7, 11) is 4.71.